The fourth-order valence-corrected chi connectivity index (χ4v) is 4.44. The minimum Gasteiger partial charge on any atom is -0.477 e. The van der Waals surface area contributed by atoms with Crippen LogP contribution >= 0.6 is 0 Å². The summed E-state index contributed by atoms with van der Waals surface area (Å²) in [5.74, 6) is 1.61. The van der Waals surface area contributed by atoms with Crippen LogP contribution < -0.4 is 15.4 Å². The van der Waals surface area contributed by atoms with Crippen LogP contribution in [0.3, 0.4) is 0 Å². The fourth-order valence-electron chi connectivity index (χ4n) is 4.44. The van der Waals surface area contributed by atoms with Crippen LogP contribution in [0, 0.1) is 31.1 Å². The van der Waals surface area contributed by atoms with Crippen LogP contribution in [0.15, 0.2) is 30.5 Å². The molecule has 0 aliphatic carbocycles. The number of rotatable bonds is 9. The summed E-state index contributed by atoms with van der Waals surface area (Å²) in [6, 6.07) is 9.92. The third-order valence-corrected chi connectivity index (χ3v) is 7.08. The normalized spacial score (nSPS) is 16.4. The first-order chi connectivity index (χ1) is 17.3. The molecule has 36 heavy (non-hydrogen) atoms. The molecular formula is C28H34N6O2. The number of aliphatic hydroxyl groups is 1. The predicted molar refractivity (Wildman–Crippen MR) is 142 cm³/mol. The highest BCUT2D eigenvalue weighted by Crippen LogP contribution is 2.41. The summed E-state index contributed by atoms with van der Waals surface area (Å²) < 4.78 is 6.01. The third-order valence-electron chi connectivity index (χ3n) is 7.08. The molecule has 1 aliphatic heterocycles. The Balaban J connectivity index is 1.60. The Morgan fingerprint density at radius 1 is 1.22 bits per heavy atom. The van der Waals surface area contributed by atoms with E-state index in [1.807, 2.05) is 45.0 Å². The maximum Gasteiger partial charge on any atom is 0.227 e. The van der Waals surface area contributed by atoms with Gasteiger partial charge < -0.3 is 20.5 Å². The molecule has 0 saturated heterocycles. The van der Waals surface area contributed by atoms with Gasteiger partial charge in [0, 0.05) is 29.3 Å². The van der Waals surface area contributed by atoms with Crippen molar-refractivity contribution in [3.8, 4) is 23.2 Å². The summed E-state index contributed by atoms with van der Waals surface area (Å²) in [4.78, 5) is 13.8. The zero-order chi connectivity index (χ0) is 25.9. The van der Waals surface area contributed by atoms with E-state index in [0.717, 1.165) is 46.6 Å². The minimum absolute atomic E-state index is 0.0131. The molecule has 8 heteroatoms. The molecular weight excluding hydrogens is 452 g/mol. The second kappa shape index (κ2) is 10.5. The zero-order valence-electron chi connectivity index (χ0n) is 21.6. The summed E-state index contributed by atoms with van der Waals surface area (Å²) in [6.45, 7) is 11.5. The molecule has 0 bridgehead atoms. The molecule has 3 heterocycles. The molecule has 0 unspecified atom stereocenters. The van der Waals surface area contributed by atoms with Crippen LogP contribution in [0.25, 0.3) is 11.3 Å². The highest BCUT2D eigenvalue weighted by Gasteiger charge is 2.36. The van der Waals surface area contributed by atoms with Gasteiger partial charge in [-0.05, 0) is 49.6 Å². The Bertz CT molecular complexity index is 1300. The van der Waals surface area contributed by atoms with E-state index in [4.69, 9.17) is 9.72 Å². The molecule has 8 nitrogen and oxygen atoms in total. The third kappa shape index (κ3) is 4.98. The lowest BCUT2D eigenvalue weighted by Crippen LogP contribution is -2.28. The lowest BCUT2D eigenvalue weighted by molar-refractivity contribution is 0.219. The number of nitriles is 1. The summed E-state index contributed by atoms with van der Waals surface area (Å²) in [7, 11) is 0. The van der Waals surface area contributed by atoms with Gasteiger partial charge in [0.2, 0.25) is 11.8 Å². The number of pyridine rings is 1. The lowest BCUT2D eigenvalue weighted by Gasteiger charge is -2.21. The van der Waals surface area contributed by atoms with E-state index < -0.39 is 5.41 Å². The van der Waals surface area contributed by atoms with E-state index in [9.17, 15) is 10.4 Å². The Kier molecular flexibility index (Phi) is 7.41. The van der Waals surface area contributed by atoms with E-state index in [2.05, 4.69) is 40.5 Å². The molecule has 188 valence electrons. The van der Waals surface area contributed by atoms with Crippen molar-refractivity contribution >= 4 is 17.3 Å². The number of aryl methyl sites for hydroxylation is 2. The quantitative estimate of drug-likeness (QED) is 0.375. The van der Waals surface area contributed by atoms with Crippen molar-refractivity contribution < 1.29 is 9.84 Å². The first kappa shape index (κ1) is 25.4. The van der Waals surface area contributed by atoms with Gasteiger partial charge in [0.05, 0.1) is 41.5 Å². The molecule has 1 atom stereocenters. The van der Waals surface area contributed by atoms with Crippen LogP contribution in [-0.2, 0) is 5.41 Å². The van der Waals surface area contributed by atoms with Crippen LogP contribution in [0.4, 0.5) is 17.3 Å². The average molecular weight is 487 g/mol. The predicted octanol–water partition coefficient (Wildman–Crippen LogP) is 5.26. The van der Waals surface area contributed by atoms with Crippen molar-refractivity contribution in [3.63, 3.8) is 0 Å². The maximum atomic E-state index is 9.99. The van der Waals surface area contributed by atoms with Gasteiger partial charge in [-0.3, -0.25) is 0 Å². The second-order valence-corrected chi connectivity index (χ2v) is 9.76. The van der Waals surface area contributed by atoms with Crippen molar-refractivity contribution in [1.29, 1.82) is 5.26 Å². The number of aromatic nitrogens is 3. The van der Waals surface area contributed by atoms with Crippen LogP contribution in [0.2, 0.25) is 0 Å². The largest absolute Gasteiger partial charge is 0.477 e. The summed E-state index contributed by atoms with van der Waals surface area (Å²) in [6.07, 6.45) is 3.85. The number of aliphatic hydroxyl groups excluding tert-OH is 1. The first-order valence-corrected chi connectivity index (χ1v) is 12.5. The molecule has 3 aromatic rings. The monoisotopic (exact) mass is 486 g/mol. The number of nitrogens with one attached hydrogen (secondary N) is 2. The van der Waals surface area contributed by atoms with Gasteiger partial charge in [-0.1, -0.05) is 33.6 Å². The number of benzene rings is 1. The Labute approximate surface area is 212 Å². The van der Waals surface area contributed by atoms with Crippen molar-refractivity contribution in [2.75, 3.05) is 30.4 Å². The Morgan fingerprint density at radius 2 is 2.00 bits per heavy atom. The Morgan fingerprint density at radius 3 is 2.69 bits per heavy atom. The smallest absolute Gasteiger partial charge is 0.227 e. The van der Waals surface area contributed by atoms with Gasteiger partial charge in [0.25, 0.3) is 0 Å². The lowest BCUT2D eigenvalue weighted by atomic mass is 9.83. The number of nitrogens with zero attached hydrogens (tertiary/aromatic N) is 4. The summed E-state index contributed by atoms with van der Waals surface area (Å²) in [5.41, 5.74) is 5.82. The molecule has 1 aromatic carbocycles. The molecule has 1 aliphatic rings. The van der Waals surface area contributed by atoms with Crippen LogP contribution in [-0.4, -0.2) is 39.8 Å². The fraction of sp³-hybridized carbons (Fsp3) is 0.429. The molecule has 3 N–H and O–H groups in total. The van der Waals surface area contributed by atoms with Gasteiger partial charge in [0.1, 0.15) is 6.07 Å². The number of fused-ring (bicyclic) bond motifs is 1. The maximum absolute atomic E-state index is 9.99. The number of hydrogen-bond donors (Lipinski definition) is 3. The van der Waals surface area contributed by atoms with E-state index in [-0.39, 0.29) is 6.61 Å². The van der Waals surface area contributed by atoms with Crippen molar-refractivity contribution in [2.24, 2.45) is 5.92 Å². The zero-order valence-corrected chi connectivity index (χ0v) is 21.6. The molecule has 0 spiro atoms. The topological polar surface area (TPSA) is 116 Å². The van der Waals surface area contributed by atoms with Gasteiger partial charge in [-0.25, -0.2) is 15.0 Å². The standard InChI is InChI=1S/C28H34N6O2/c1-6-19(7-2)14-36-26-17(3)10-24(18(4)32-26)34-27-30-9-8-23(33-27)20-11-21(13-29)25-22(12-20)28(5,16-35)15-31-25/h8-12,19,31,35H,6-7,14-16H2,1-5H3,(H,30,33,34)/t28-/m1/s1. The molecule has 0 radical (unpaired) electrons. The summed E-state index contributed by atoms with van der Waals surface area (Å²) >= 11 is 0. The minimum atomic E-state index is -0.455. The van der Waals surface area contributed by atoms with E-state index in [1.165, 1.54) is 0 Å². The molecule has 2 aromatic heterocycles. The van der Waals surface area contributed by atoms with E-state index >= 15 is 0 Å². The first-order valence-electron chi connectivity index (χ1n) is 12.5. The van der Waals surface area contributed by atoms with Gasteiger partial charge in [-0.2, -0.15) is 5.26 Å². The van der Waals surface area contributed by atoms with Gasteiger partial charge in [-0.15, -0.1) is 0 Å². The highest BCUT2D eigenvalue weighted by atomic mass is 16.5. The van der Waals surface area contributed by atoms with E-state index in [1.54, 1.807) is 6.20 Å². The van der Waals surface area contributed by atoms with Crippen molar-refractivity contribution in [2.45, 2.75) is 52.9 Å². The van der Waals surface area contributed by atoms with E-state index in [0.29, 0.717) is 42.2 Å². The summed E-state index contributed by atoms with van der Waals surface area (Å²) in [5, 5.41) is 26.3. The highest BCUT2D eigenvalue weighted by molar-refractivity contribution is 5.76. The number of anilines is 3. The van der Waals surface area contributed by atoms with Crippen LogP contribution in [0.5, 0.6) is 5.88 Å². The number of ether oxygens (including phenoxy) is 1. The molecule has 0 amide bonds. The van der Waals surface area contributed by atoms with Gasteiger partial charge >= 0.3 is 0 Å². The Hall–Kier alpha value is -3.70. The van der Waals surface area contributed by atoms with Crippen molar-refractivity contribution in [3.05, 3.63) is 52.8 Å². The van der Waals surface area contributed by atoms with Crippen LogP contribution in [0.1, 0.15) is 56.0 Å². The average Bonchev–Trinajstić information content (AvgIpc) is 3.24. The van der Waals surface area contributed by atoms with Gasteiger partial charge in [0.15, 0.2) is 0 Å². The number of hydrogen-bond acceptors (Lipinski definition) is 8. The SMILES string of the molecule is CCC(CC)COc1nc(C)c(Nc2nccc(-c3cc(C#N)c4c(c3)[C@@](C)(CO)CN4)n2)cc1C. The molecule has 0 fully saturated rings. The second-order valence-electron chi connectivity index (χ2n) is 9.76. The molecule has 0 saturated carbocycles. The van der Waals surface area contributed by atoms with Crippen molar-refractivity contribution in [1.82, 2.24) is 15.0 Å². The molecule has 4 rings (SSSR count).